The fraction of sp³-hybridized carbons (Fsp3) is 0.375. The number of carbonyl (C=O) groups excluding carboxylic acids is 3. The lowest BCUT2D eigenvalue weighted by atomic mass is 9.92. The largest absolute Gasteiger partial charge is 0.488 e. The molecule has 4 amide bonds. The van der Waals surface area contributed by atoms with Gasteiger partial charge in [-0.1, -0.05) is 74.0 Å². The summed E-state index contributed by atoms with van der Waals surface area (Å²) in [4.78, 5) is 72.5. The molecule has 3 aliphatic rings. The summed E-state index contributed by atoms with van der Waals surface area (Å²) in [6.07, 6.45) is 0.117. The molecule has 2 aromatic heterocycles. The molecule has 16 nitrogen and oxygen atoms in total. The van der Waals surface area contributed by atoms with Gasteiger partial charge in [-0.3, -0.25) is 9.59 Å². The maximum absolute atomic E-state index is 14.2. The minimum absolute atomic E-state index is 0.0102. The molecule has 338 valence electrons. The highest BCUT2D eigenvalue weighted by Crippen LogP contribution is 2.45. The molecule has 0 aliphatic carbocycles. The van der Waals surface area contributed by atoms with E-state index in [2.05, 4.69) is 32.7 Å². The van der Waals surface area contributed by atoms with Crippen LogP contribution >= 0.6 is 11.6 Å². The number of fused-ring (bicyclic) bond motifs is 6. The lowest BCUT2D eigenvalue weighted by Crippen LogP contribution is -2.52. The molecule has 17 heteroatoms. The van der Waals surface area contributed by atoms with Crippen LogP contribution in [0.3, 0.4) is 0 Å². The van der Waals surface area contributed by atoms with E-state index in [4.69, 9.17) is 35.8 Å². The van der Waals surface area contributed by atoms with E-state index in [1.54, 1.807) is 36.3 Å². The molecule has 0 radical (unpaired) electrons. The van der Waals surface area contributed by atoms with Crippen LogP contribution in [0.2, 0.25) is 5.15 Å². The van der Waals surface area contributed by atoms with Gasteiger partial charge >= 0.3 is 12.2 Å². The maximum Gasteiger partial charge on any atom is 0.407 e. The number of alkyl carbamates (subject to hydrolysis) is 1. The number of hydrogen-bond acceptors (Lipinski definition) is 9. The van der Waals surface area contributed by atoms with Crippen LogP contribution in [0.1, 0.15) is 80.9 Å². The molecule has 0 unspecified atom stereocenters. The van der Waals surface area contributed by atoms with E-state index >= 15 is 0 Å². The normalized spacial score (nSPS) is 20.0. The first-order valence-corrected chi connectivity index (χ1v) is 22.2. The fourth-order valence-corrected chi connectivity index (χ4v) is 10.1. The zero-order valence-corrected chi connectivity index (χ0v) is 37.4. The number of carbonyl (C=O) groups is 4. The minimum Gasteiger partial charge on any atom is -0.488 e. The SMILES string of the molecule is COC[C@H]1C[C@@H](c2nc(Cl)c(-c3ccc4c(c3)COc3cc5c(ccc6nc([C@@H]7CC[C@H](C)N7C(=O)[C@@H](NC(=O)OC)C(C)C)[nH]c65)cc3-4)[nH]2)N(C(=O)[C@H](NC(=O)O)c2ccccc2)C1. The number of carboxylic acid groups (broad SMARTS) is 1. The van der Waals surface area contributed by atoms with Crippen molar-refractivity contribution in [3.8, 4) is 28.1 Å². The summed E-state index contributed by atoms with van der Waals surface area (Å²) in [6, 6.07) is 20.3. The summed E-state index contributed by atoms with van der Waals surface area (Å²) in [7, 11) is 2.90. The molecule has 9 rings (SSSR count). The molecule has 5 heterocycles. The van der Waals surface area contributed by atoms with Gasteiger partial charge in [-0.25, -0.2) is 19.6 Å². The minimum atomic E-state index is -1.30. The Morgan fingerprint density at radius 1 is 0.923 bits per heavy atom. The number of H-pyrrole nitrogens is 2. The van der Waals surface area contributed by atoms with E-state index < -0.39 is 36.2 Å². The smallest absolute Gasteiger partial charge is 0.407 e. The number of ether oxygens (including phenoxy) is 3. The predicted molar refractivity (Wildman–Crippen MR) is 243 cm³/mol. The molecular weight excluding hydrogens is 852 g/mol. The van der Waals surface area contributed by atoms with Gasteiger partial charge in [0.15, 0.2) is 5.15 Å². The van der Waals surface area contributed by atoms with Crippen LogP contribution in [0.15, 0.2) is 72.8 Å². The first-order chi connectivity index (χ1) is 31.3. The number of aromatic amines is 2. The number of nitrogens with one attached hydrogen (secondary N) is 4. The van der Waals surface area contributed by atoms with Crippen LogP contribution in [0.5, 0.6) is 5.75 Å². The van der Waals surface area contributed by atoms with Crippen LogP contribution in [0.25, 0.3) is 44.2 Å². The van der Waals surface area contributed by atoms with E-state index in [-0.39, 0.29) is 35.0 Å². The van der Waals surface area contributed by atoms with Crippen molar-refractivity contribution in [2.45, 2.75) is 76.8 Å². The number of nitrogens with zero attached hydrogens (tertiary/aromatic N) is 4. The van der Waals surface area contributed by atoms with Gasteiger partial charge < -0.3 is 49.7 Å². The highest BCUT2D eigenvalue weighted by molar-refractivity contribution is 6.32. The number of methoxy groups -OCH3 is 2. The predicted octanol–water partition coefficient (Wildman–Crippen LogP) is 8.30. The van der Waals surface area contributed by atoms with Gasteiger partial charge in [0.1, 0.15) is 36.1 Å². The number of rotatable bonds is 11. The number of imidazole rings is 2. The second-order valence-corrected chi connectivity index (χ2v) is 17.9. The highest BCUT2D eigenvalue weighted by atomic mass is 35.5. The van der Waals surface area contributed by atoms with Crippen molar-refractivity contribution in [3.63, 3.8) is 0 Å². The third-order valence-corrected chi connectivity index (χ3v) is 13.3. The lowest BCUT2D eigenvalue weighted by Gasteiger charge is -2.32. The van der Waals surface area contributed by atoms with Crippen molar-refractivity contribution in [1.29, 1.82) is 0 Å². The fourth-order valence-electron chi connectivity index (χ4n) is 9.83. The number of hydrogen-bond donors (Lipinski definition) is 5. The van der Waals surface area contributed by atoms with Gasteiger partial charge in [0.05, 0.1) is 42.5 Å². The van der Waals surface area contributed by atoms with E-state index in [0.29, 0.717) is 49.1 Å². The Hall–Kier alpha value is -6.65. The number of benzene rings is 4. The Labute approximate surface area is 380 Å². The Balaban J connectivity index is 0.991. The second-order valence-electron chi connectivity index (χ2n) is 17.5. The van der Waals surface area contributed by atoms with Crippen LogP contribution in [-0.2, 0) is 25.7 Å². The van der Waals surface area contributed by atoms with Crippen LogP contribution in [0.4, 0.5) is 9.59 Å². The van der Waals surface area contributed by atoms with E-state index in [9.17, 15) is 24.3 Å². The Morgan fingerprint density at radius 2 is 1.71 bits per heavy atom. The average Bonchev–Trinajstić information content (AvgIpc) is 4.11. The highest BCUT2D eigenvalue weighted by Gasteiger charge is 2.43. The maximum atomic E-state index is 14.2. The molecule has 2 fully saturated rings. The number of aromatic nitrogens is 4. The number of halogens is 1. The molecule has 5 N–H and O–H groups in total. The molecule has 0 spiro atoms. The van der Waals surface area contributed by atoms with Crippen molar-refractivity contribution in [2.24, 2.45) is 11.8 Å². The van der Waals surface area contributed by atoms with Gasteiger partial charge in [-0.15, -0.1) is 0 Å². The Bertz CT molecular complexity index is 2810. The van der Waals surface area contributed by atoms with Gasteiger partial charge in [-0.05, 0) is 78.4 Å². The quantitative estimate of drug-likeness (QED) is 0.0842. The average molecular weight is 903 g/mol. The summed E-state index contributed by atoms with van der Waals surface area (Å²) in [6.45, 7) is 6.89. The third kappa shape index (κ3) is 8.20. The number of amides is 4. The summed E-state index contributed by atoms with van der Waals surface area (Å²) in [5.74, 6) is 1.19. The standard InChI is InChI=1S/C48H51ClN8O8/c1-24(2)38(54-48(62)64-5)46(59)57-25(3)11-16-35(57)43-50-34-15-13-28-19-33-31-14-12-29(18-30(31)23-65-37(33)20-32(28)41(34)52-43)39-42(49)55-44(51-39)36-17-26(22-63-4)21-56(36)45(58)40(53-47(60)61)27-9-7-6-8-10-27/h6-10,12-15,18-20,24-26,35-36,38,40,53H,11,16-17,21-23H2,1-5H3,(H,50,52)(H,51,55)(H,54,62)(H,60,61)/t25-,26-,35-,36-,38-,40+/m0/s1. The molecule has 6 aromatic rings. The topological polar surface area (TPSA) is 204 Å². The molecule has 0 bridgehead atoms. The monoisotopic (exact) mass is 902 g/mol. The Morgan fingerprint density at radius 3 is 2.45 bits per heavy atom. The first-order valence-electron chi connectivity index (χ1n) is 21.8. The van der Waals surface area contributed by atoms with E-state index in [1.165, 1.54) is 7.11 Å². The van der Waals surface area contributed by atoms with Crippen LogP contribution in [-0.4, -0.2) is 98.3 Å². The third-order valence-electron chi connectivity index (χ3n) is 13.0. The molecule has 65 heavy (non-hydrogen) atoms. The second kappa shape index (κ2) is 17.7. The molecule has 2 saturated heterocycles. The Kier molecular flexibility index (Phi) is 11.9. The van der Waals surface area contributed by atoms with Crippen molar-refractivity contribution >= 4 is 57.4 Å². The summed E-state index contributed by atoms with van der Waals surface area (Å²) in [5, 5.41) is 17.0. The van der Waals surface area contributed by atoms with E-state index in [0.717, 1.165) is 62.7 Å². The zero-order valence-electron chi connectivity index (χ0n) is 36.7. The van der Waals surface area contributed by atoms with Crippen molar-refractivity contribution < 1.29 is 38.5 Å². The molecule has 4 aromatic carbocycles. The first kappa shape index (κ1) is 43.6. The van der Waals surface area contributed by atoms with Crippen molar-refractivity contribution in [3.05, 3.63) is 101 Å². The molecular formula is C48H51ClN8O8. The van der Waals surface area contributed by atoms with Crippen LogP contribution < -0.4 is 15.4 Å². The van der Waals surface area contributed by atoms with Crippen LogP contribution in [0, 0.1) is 11.8 Å². The van der Waals surface area contributed by atoms with Gasteiger partial charge in [0, 0.05) is 42.1 Å². The van der Waals surface area contributed by atoms with Gasteiger partial charge in [0.25, 0.3) is 5.91 Å². The zero-order chi connectivity index (χ0) is 45.7. The summed E-state index contributed by atoms with van der Waals surface area (Å²) in [5.41, 5.74) is 6.44. The number of likely N-dealkylation sites (tertiary alicyclic amines) is 2. The van der Waals surface area contributed by atoms with Gasteiger partial charge in [-0.2, -0.15) is 0 Å². The van der Waals surface area contributed by atoms with Crippen molar-refractivity contribution in [1.82, 2.24) is 40.4 Å². The van der Waals surface area contributed by atoms with E-state index in [1.807, 2.05) is 62.1 Å². The summed E-state index contributed by atoms with van der Waals surface area (Å²) < 4.78 is 16.7. The molecule has 3 aliphatic heterocycles. The molecule has 0 saturated carbocycles. The van der Waals surface area contributed by atoms with Crippen molar-refractivity contribution in [2.75, 3.05) is 27.4 Å². The van der Waals surface area contributed by atoms with Gasteiger partial charge in [0.2, 0.25) is 5.91 Å². The molecule has 6 atom stereocenters. The summed E-state index contributed by atoms with van der Waals surface area (Å²) >= 11 is 6.87. The lowest BCUT2D eigenvalue weighted by molar-refractivity contribution is -0.137.